The third-order valence-electron chi connectivity index (χ3n) is 2.42. The molecule has 0 aromatic heterocycles. The summed E-state index contributed by atoms with van der Waals surface area (Å²) in [7, 11) is 0. The van der Waals surface area contributed by atoms with Crippen molar-refractivity contribution in [2.24, 2.45) is 0 Å². The molecule has 0 atom stereocenters. The highest BCUT2D eigenvalue weighted by Gasteiger charge is 2.15. The fourth-order valence-electron chi connectivity index (χ4n) is 1.59. The predicted octanol–water partition coefficient (Wildman–Crippen LogP) is 3.96. The van der Waals surface area contributed by atoms with E-state index in [2.05, 4.69) is 0 Å². The van der Waals surface area contributed by atoms with Gasteiger partial charge < -0.3 is 9.47 Å². The molecule has 0 amide bonds. The molecule has 19 heavy (non-hydrogen) atoms. The highest BCUT2D eigenvalue weighted by molar-refractivity contribution is 6.30. The summed E-state index contributed by atoms with van der Waals surface area (Å²) in [5.41, 5.74) is 0.357. The van der Waals surface area contributed by atoms with Crippen molar-refractivity contribution in [2.45, 2.75) is 6.92 Å². The molecule has 4 heteroatoms. The number of carbonyl (C=O) groups excluding carboxylic acids is 1. The summed E-state index contributed by atoms with van der Waals surface area (Å²) >= 11 is 5.89. The number of rotatable bonds is 4. The van der Waals surface area contributed by atoms with Crippen LogP contribution in [0.15, 0.2) is 48.5 Å². The molecule has 98 valence electrons. The Balaban J connectivity index is 2.23. The van der Waals surface area contributed by atoms with E-state index >= 15 is 0 Å². The largest absolute Gasteiger partial charge is 0.493 e. The van der Waals surface area contributed by atoms with Gasteiger partial charge in [0, 0.05) is 5.02 Å². The third kappa shape index (κ3) is 3.48. The standard InChI is InChI=1S/C15H13ClO3/c1-2-18-14-10-11(16)8-9-13(14)15(17)19-12-6-4-3-5-7-12/h3-10H,2H2,1H3. The first-order valence-corrected chi connectivity index (χ1v) is 6.28. The van der Waals surface area contributed by atoms with Gasteiger partial charge >= 0.3 is 5.97 Å². The Bertz CT molecular complexity index is 567. The van der Waals surface area contributed by atoms with Crippen molar-refractivity contribution in [1.29, 1.82) is 0 Å². The zero-order valence-corrected chi connectivity index (χ0v) is 11.2. The van der Waals surface area contributed by atoms with Crippen LogP contribution in [0.2, 0.25) is 5.02 Å². The van der Waals surface area contributed by atoms with E-state index in [9.17, 15) is 4.79 Å². The minimum Gasteiger partial charge on any atom is -0.493 e. The lowest BCUT2D eigenvalue weighted by atomic mass is 10.2. The fraction of sp³-hybridized carbons (Fsp3) is 0.133. The number of hydrogen-bond donors (Lipinski definition) is 0. The van der Waals surface area contributed by atoms with E-state index in [1.54, 1.807) is 42.5 Å². The first-order chi connectivity index (χ1) is 9.20. The van der Waals surface area contributed by atoms with Gasteiger partial charge in [-0.2, -0.15) is 0 Å². The number of esters is 1. The minimum atomic E-state index is -0.466. The molecule has 0 heterocycles. The van der Waals surface area contributed by atoms with Crippen LogP contribution in [0.3, 0.4) is 0 Å². The number of benzene rings is 2. The van der Waals surface area contributed by atoms with Crippen molar-refractivity contribution >= 4 is 17.6 Å². The summed E-state index contributed by atoms with van der Waals surface area (Å²) in [6, 6.07) is 13.7. The Hall–Kier alpha value is -2.00. The van der Waals surface area contributed by atoms with Gasteiger partial charge in [0.25, 0.3) is 0 Å². The van der Waals surface area contributed by atoms with Crippen molar-refractivity contribution in [3.63, 3.8) is 0 Å². The van der Waals surface area contributed by atoms with Gasteiger partial charge in [0.15, 0.2) is 0 Å². The summed E-state index contributed by atoms with van der Waals surface area (Å²) in [5.74, 6) is 0.451. The second-order valence-electron chi connectivity index (χ2n) is 3.78. The predicted molar refractivity (Wildman–Crippen MR) is 74.0 cm³/mol. The lowest BCUT2D eigenvalue weighted by Crippen LogP contribution is -2.10. The first-order valence-electron chi connectivity index (χ1n) is 5.90. The zero-order valence-electron chi connectivity index (χ0n) is 10.4. The Labute approximate surface area is 116 Å². The molecular weight excluding hydrogens is 264 g/mol. The van der Waals surface area contributed by atoms with Crippen LogP contribution in [-0.2, 0) is 0 Å². The number of carbonyl (C=O) groups is 1. The van der Waals surface area contributed by atoms with Crippen molar-refractivity contribution in [3.8, 4) is 11.5 Å². The van der Waals surface area contributed by atoms with Gasteiger partial charge in [-0.15, -0.1) is 0 Å². The van der Waals surface area contributed by atoms with Crippen LogP contribution in [0.1, 0.15) is 17.3 Å². The number of hydrogen-bond acceptors (Lipinski definition) is 3. The molecule has 2 rings (SSSR count). The average molecular weight is 277 g/mol. The molecule has 0 fully saturated rings. The van der Waals surface area contributed by atoms with E-state index in [4.69, 9.17) is 21.1 Å². The highest BCUT2D eigenvalue weighted by Crippen LogP contribution is 2.25. The van der Waals surface area contributed by atoms with Gasteiger partial charge in [-0.25, -0.2) is 4.79 Å². The van der Waals surface area contributed by atoms with Crippen LogP contribution in [0.4, 0.5) is 0 Å². The van der Waals surface area contributed by atoms with E-state index in [1.807, 2.05) is 13.0 Å². The summed E-state index contributed by atoms with van der Waals surface area (Å²) in [4.78, 5) is 12.1. The Morgan fingerprint density at radius 2 is 1.89 bits per heavy atom. The topological polar surface area (TPSA) is 35.5 Å². The summed E-state index contributed by atoms with van der Waals surface area (Å²) in [6.45, 7) is 2.29. The van der Waals surface area contributed by atoms with Gasteiger partial charge in [0.1, 0.15) is 17.1 Å². The van der Waals surface area contributed by atoms with Gasteiger partial charge in [-0.3, -0.25) is 0 Å². The van der Waals surface area contributed by atoms with Crippen molar-refractivity contribution < 1.29 is 14.3 Å². The minimum absolute atomic E-state index is 0.357. The second-order valence-corrected chi connectivity index (χ2v) is 4.21. The van der Waals surface area contributed by atoms with Gasteiger partial charge in [0.2, 0.25) is 0 Å². The van der Waals surface area contributed by atoms with Crippen molar-refractivity contribution in [1.82, 2.24) is 0 Å². The molecule has 0 aliphatic rings. The maximum Gasteiger partial charge on any atom is 0.347 e. The Morgan fingerprint density at radius 1 is 1.16 bits per heavy atom. The maximum absolute atomic E-state index is 12.1. The molecule has 0 aliphatic carbocycles. The molecule has 0 N–H and O–H groups in total. The normalized spacial score (nSPS) is 10.0. The molecular formula is C15H13ClO3. The van der Waals surface area contributed by atoms with Crippen molar-refractivity contribution in [3.05, 3.63) is 59.1 Å². The maximum atomic E-state index is 12.1. The molecule has 0 aliphatic heterocycles. The lowest BCUT2D eigenvalue weighted by Gasteiger charge is -2.10. The van der Waals surface area contributed by atoms with E-state index in [0.717, 1.165) is 0 Å². The Kier molecular flexibility index (Phi) is 4.42. The van der Waals surface area contributed by atoms with Gasteiger partial charge in [0.05, 0.1) is 6.61 Å². The number of halogens is 1. The SMILES string of the molecule is CCOc1cc(Cl)ccc1C(=O)Oc1ccccc1. The zero-order chi connectivity index (χ0) is 13.7. The van der Waals surface area contributed by atoms with E-state index in [0.29, 0.717) is 28.7 Å². The molecule has 0 radical (unpaired) electrons. The van der Waals surface area contributed by atoms with Crippen LogP contribution < -0.4 is 9.47 Å². The van der Waals surface area contributed by atoms with Gasteiger partial charge in [-0.05, 0) is 37.3 Å². The van der Waals surface area contributed by atoms with Gasteiger partial charge in [-0.1, -0.05) is 29.8 Å². The number of para-hydroxylation sites is 1. The highest BCUT2D eigenvalue weighted by atomic mass is 35.5. The second kappa shape index (κ2) is 6.25. The molecule has 2 aromatic carbocycles. The van der Waals surface area contributed by atoms with E-state index in [-0.39, 0.29) is 0 Å². The molecule has 3 nitrogen and oxygen atoms in total. The molecule has 0 saturated carbocycles. The van der Waals surface area contributed by atoms with Crippen LogP contribution >= 0.6 is 11.6 Å². The lowest BCUT2D eigenvalue weighted by molar-refractivity contribution is 0.0730. The van der Waals surface area contributed by atoms with Crippen LogP contribution in [0.25, 0.3) is 0 Å². The summed E-state index contributed by atoms with van der Waals surface area (Å²) in [6.07, 6.45) is 0. The first kappa shape index (κ1) is 13.4. The molecule has 0 bridgehead atoms. The van der Waals surface area contributed by atoms with E-state index in [1.165, 1.54) is 0 Å². The van der Waals surface area contributed by atoms with E-state index < -0.39 is 5.97 Å². The fourth-order valence-corrected chi connectivity index (χ4v) is 1.75. The molecule has 0 spiro atoms. The quantitative estimate of drug-likeness (QED) is 0.626. The molecule has 0 unspecified atom stereocenters. The Morgan fingerprint density at radius 3 is 2.58 bits per heavy atom. The smallest absolute Gasteiger partial charge is 0.347 e. The third-order valence-corrected chi connectivity index (χ3v) is 2.65. The van der Waals surface area contributed by atoms with Crippen molar-refractivity contribution in [2.75, 3.05) is 6.61 Å². The molecule has 0 saturated heterocycles. The van der Waals surface area contributed by atoms with Crippen LogP contribution in [-0.4, -0.2) is 12.6 Å². The monoisotopic (exact) mass is 276 g/mol. The summed E-state index contributed by atoms with van der Waals surface area (Å²) < 4.78 is 10.7. The summed E-state index contributed by atoms with van der Waals surface area (Å²) in [5, 5.41) is 0.514. The average Bonchev–Trinajstić information content (AvgIpc) is 2.40. The van der Waals surface area contributed by atoms with Crippen LogP contribution in [0.5, 0.6) is 11.5 Å². The molecule has 2 aromatic rings. The number of ether oxygens (including phenoxy) is 2. The van der Waals surface area contributed by atoms with Crippen LogP contribution in [0, 0.1) is 0 Å².